The molecule has 2 atom stereocenters. The summed E-state index contributed by atoms with van der Waals surface area (Å²) < 4.78 is 5.27. The number of hydrogen-bond acceptors (Lipinski definition) is 3. The number of aryl methyl sites for hydroxylation is 2. The molecule has 3 heteroatoms. The largest absolute Gasteiger partial charge is 0.496 e. The van der Waals surface area contributed by atoms with E-state index >= 15 is 0 Å². The van der Waals surface area contributed by atoms with E-state index in [1.54, 1.807) is 7.11 Å². The maximum Gasteiger partial charge on any atom is 0.122 e. The van der Waals surface area contributed by atoms with E-state index in [9.17, 15) is 0 Å². The summed E-state index contributed by atoms with van der Waals surface area (Å²) in [5.74, 6) is 0.727. The van der Waals surface area contributed by atoms with Crippen LogP contribution in [0.2, 0.25) is 0 Å². The monoisotopic (exact) mass is 232 g/mol. The first kappa shape index (κ1) is 13.5. The van der Waals surface area contributed by atoms with Crippen LogP contribution in [0.3, 0.4) is 0 Å². The first-order valence-electron chi connectivity index (χ1n) is 5.85. The van der Waals surface area contributed by atoms with E-state index in [0.29, 0.717) is 0 Å². The highest BCUT2D eigenvalue weighted by Crippen LogP contribution is 2.29. The average Bonchev–Trinajstić information content (AvgIpc) is 2.32. The lowest BCUT2D eigenvalue weighted by atomic mass is 9.89. The zero-order valence-corrected chi connectivity index (χ0v) is 10.9. The lowest BCUT2D eigenvalue weighted by molar-refractivity contribution is 0.410. The van der Waals surface area contributed by atoms with Gasteiger partial charge in [0.2, 0.25) is 0 Å². The minimum Gasteiger partial charge on any atom is -0.496 e. The van der Waals surface area contributed by atoms with E-state index in [4.69, 9.17) is 15.7 Å². The van der Waals surface area contributed by atoms with Crippen molar-refractivity contribution in [1.29, 1.82) is 5.26 Å². The summed E-state index contributed by atoms with van der Waals surface area (Å²) in [7, 11) is 1.66. The van der Waals surface area contributed by atoms with Crippen molar-refractivity contribution >= 4 is 0 Å². The highest BCUT2D eigenvalue weighted by atomic mass is 16.5. The first-order valence-corrected chi connectivity index (χ1v) is 5.85. The van der Waals surface area contributed by atoms with Crippen molar-refractivity contribution < 1.29 is 4.74 Å². The molecule has 0 heterocycles. The van der Waals surface area contributed by atoms with Crippen molar-refractivity contribution in [3.63, 3.8) is 0 Å². The van der Waals surface area contributed by atoms with Crippen molar-refractivity contribution in [2.24, 2.45) is 11.7 Å². The van der Waals surface area contributed by atoms with Gasteiger partial charge in [-0.25, -0.2) is 0 Å². The normalized spacial score (nSPS) is 13.9. The number of hydrogen-bond donors (Lipinski definition) is 1. The molecule has 0 saturated carbocycles. The number of rotatable bonds is 4. The zero-order chi connectivity index (χ0) is 13.0. The third kappa shape index (κ3) is 2.78. The SMILES string of the molecule is CCC(C#N)C(N)c1cc(C)c(OC)cc1C. The van der Waals surface area contributed by atoms with Gasteiger partial charge in [-0.2, -0.15) is 5.26 Å². The summed E-state index contributed by atoms with van der Waals surface area (Å²) in [5.41, 5.74) is 9.33. The molecule has 2 unspecified atom stereocenters. The van der Waals surface area contributed by atoms with Gasteiger partial charge >= 0.3 is 0 Å². The molecule has 0 aliphatic carbocycles. The van der Waals surface area contributed by atoms with Crippen LogP contribution in [0.15, 0.2) is 12.1 Å². The molecular weight excluding hydrogens is 212 g/mol. The zero-order valence-electron chi connectivity index (χ0n) is 10.9. The molecule has 1 aromatic rings. The summed E-state index contributed by atoms with van der Waals surface area (Å²) in [5, 5.41) is 9.06. The molecule has 2 N–H and O–H groups in total. The van der Waals surface area contributed by atoms with E-state index in [1.165, 1.54) is 0 Å². The van der Waals surface area contributed by atoms with Gasteiger partial charge in [0, 0.05) is 6.04 Å². The molecule has 0 spiro atoms. The van der Waals surface area contributed by atoms with Crippen molar-refractivity contribution in [1.82, 2.24) is 0 Å². The molecule has 0 radical (unpaired) electrons. The molecule has 0 bridgehead atoms. The predicted octanol–water partition coefficient (Wildman–Crippen LogP) is 2.86. The van der Waals surface area contributed by atoms with Gasteiger partial charge in [-0.1, -0.05) is 13.0 Å². The first-order chi connectivity index (χ1) is 8.04. The van der Waals surface area contributed by atoms with Crippen LogP contribution in [0.1, 0.15) is 36.1 Å². The number of methoxy groups -OCH3 is 1. The standard InChI is InChI=1S/C14H20N2O/c1-5-11(8-15)14(16)12-6-10(3)13(17-4)7-9(12)2/h6-7,11,14H,5,16H2,1-4H3. The quantitative estimate of drug-likeness (QED) is 0.868. The molecule has 0 amide bonds. The van der Waals surface area contributed by atoms with Gasteiger partial charge in [-0.3, -0.25) is 0 Å². The number of benzene rings is 1. The maximum atomic E-state index is 9.06. The van der Waals surface area contributed by atoms with E-state index in [-0.39, 0.29) is 12.0 Å². The predicted molar refractivity (Wildman–Crippen MR) is 68.8 cm³/mol. The third-order valence-electron chi connectivity index (χ3n) is 3.18. The van der Waals surface area contributed by atoms with E-state index in [2.05, 4.69) is 6.07 Å². The van der Waals surface area contributed by atoms with Crippen LogP contribution in [0.25, 0.3) is 0 Å². The van der Waals surface area contributed by atoms with Gasteiger partial charge in [0.15, 0.2) is 0 Å². The number of nitrogens with zero attached hydrogens (tertiary/aromatic N) is 1. The molecule has 3 nitrogen and oxygen atoms in total. The van der Waals surface area contributed by atoms with Crippen molar-refractivity contribution in [2.45, 2.75) is 33.2 Å². The van der Waals surface area contributed by atoms with Crippen LogP contribution in [-0.4, -0.2) is 7.11 Å². The summed E-state index contributed by atoms with van der Waals surface area (Å²) in [6.45, 7) is 5.97. The van der Waals surface area contributed by atoms with Crippen molar-refractivity contribution in [3.05, 3.63) is 28.8 Å². The van der Waals surface area contributed by atoms with Gasteiger partial charge in [-0.05, 0) is 43.0 Å². The van der Waals surface area contributed by atoms with Crippen LogP contribution in [-0.2, 0) is 0 Å². The highest BCUT2D eigenvalue weighted by Gasteiger charge is 2.20. The third-order valence-corrected chi connectivity index (χ3v) is 3.18. The molecule has 0 aliphatic rings. The number of nitrogens with two attached hydrogens (primary N) is 1. The van der Waals surface area contributed by atoms with Gasteiger partial charge < -0.3 is 10.5 Å². The summed E-state index contributed by atoms with van der Waals surface area (Å²) in [4.78, 5) is 0. The Morgan fingerprint density at radius 1 is 1.35 bits per heavy atom. The fourth-order valence-corrected chi connectivity index (χ4v) is 2.03. The average molecular weight is 232 g/mol. The van der Waals surface area contributed by atoms with Gasteiger partial charge in [-0.15, -0.1) is 0 Å². The minimum atomic E-state index is -0.227. The fraction of sp³-hybridized carbons (Fsp3) is 0.500. The molecule has 0 fully saturated rings. The highest BCUT2D eigenvalue weighted by molar-refractivity contribution is 5.43. The second-order valence-electron chi connectivity index (χ2n) is 4.35. The minimum absolute atomic E-state index is 0.138. The molecule has 0 aliphatic heterocycles. The molecular formula is C14H20N2O. The Hall–Kier alpha value is -1.53. The molecule has 17 heavy (non-hydrogen) atoms. The van der Waals surface area contributed by atoms with Gasteiger partial charge in [0.1, 0.15) is 5.75 Å². The van der Waals surface area contributed by atoms with E-state index in [0.717, 1.165) is 28.9 Å². The Labute approximate surface area is 103 Å². The Morgan fingerprint density at radius 2 is 2.00 bits per heavy atom. The van der Waals surface area contributed by atoms with Crippen LogP contribution in [0.4, 0.5) is 0 Å². The van der Waals surface area contributed by atoms with Crippen LogP contribution in [0, 0.1) is 31.1 Å². The maximum absolute atomic E-state index is 9.06. The van der Waals surface area contributed by atoms with Crippen molar-refractivity contribution in [2.75, 3.05) is 7.11 Å². The molecule has 1 rings (SSSR count). The summed E-state index contributed by atoms with van der Waals surface area (Å²) in [6.07, 6.45) is 0.766. The molecule has 0 saturated heterocycles. The Balaban J connectivity index is 3.15. The summed E-state index contributed by atoms with van der Waals surface area (Å²) >= 11 is 0. The Kier molecular flexibility index (Phi) is 4.53. The van der Waals surface area contributed by atoms with Crippen LogP contribution >= 0.6 is 0 Å². The van der Waals surface area contributed by atoms with Gasteiger partial charge in [0.05, 0.1) is 19.1 Å². The van der Waals surface area contributed by atoms with Crippen LogP contribution < -0.4 is 10.5 Å². The fourth-order valence-electron chi connectivity index (χ4n) is 2.03. The smallest absolute Gasteiger partial charge is 0.122 e. The summed E-state index contributed by atoms with van der Waals surface area (Å²) in [6, 6.07) is 6.05. The van der Waals surface area contributed by atoms with E-state index < -0.39 is 0 Å². The van der Waals surface area contributed by atoms with Gasteiger partial charge in [0.25, 0.3) is 0 Å². The second kappa shape index (κ2) is 5.70. The molecule has 92 valence electrons. The second-order valence-corrected chi connectivity index (χ2v) is 4.35. The molecule has 0 aromatic heterocycles. The number of nitriles is 1. The lowest BCUT2D eigenvalue weighted by Crippen LogP contribution is -2.21. The Morgan fingerprint density at radius 3 is 2.47 bits per heavy atom. The van der Waals surface area contributed by atoms with Crippen molar-refractivity contribution in [3.8, 4) is 11.8 Å². The van der Waals surface area contributed by atoms with E-state index in [1.807, 2.05) is 32.9 Å². The topological polar surface area (TPSA) is 59.0 Å². The lowest BCUT2D eigenvalue weighted by Gasteiger charge is -2.20. The van der Waals surface area contributed by atoms with Crippen LogP contribution in [0.5, 0.6) is 5.75 Å². The Bertz CT molecular complexity index is 435. The number of ether oxygens (including phenoxy) is 1. The molecule has 1 aromatic carbocycles.